The molecule has 0 spiro atoms. The Morgan fingerprint density at radius 3 is 2.94 bits per heavy atom. The predicted octanol–water partition coefficient (Wildman–Crippen LogP) is 2.61. The molecular weight excluding hydrogens is 272 g/mol. The summed E-state index contributed by atoms with van der Waals surface area (Å²) in [6.07, 6.45) is -1.13. The Morgan fingerprint density at radius 1 is 1.62 bits per heavy atom. The number of carbonyl (C=O) groups excluding carboxylic acids is 1. The summed E-state index contributed by atoms with van der Waals surface area (Å²) in [6.45, 7) is 2.23. The minimum absolute atomic E-state index is 0.288. The summed E-state index contributed by atoms with van der Waals surface area (Å²) in [5.41, 5.74) is 1.79. The van der Waals surface area contributed by atoms with Crippen molar-refractivity contribution in [1.82, 2.24) is 0 Å². The molecule has 1 amide bonds. The van der Waals surface area contributed by atoms with Crippen LogP contribution in [0.4, 0.5) is 10.5 Å². The minimum Gasteiger partial charge on any atom is -0.428 e. The van der Waals surface area contributed by atoms with Gasteiger partial charge in [0, 0.05) is 10.2 Å². The van der Waals surface area contributed by atoms with E-state index < -0.39 is 12.2 Å². The highest BCUT2D eigenvalue weighted by Crippen LogP contribution is 2.26. The predicted molar refractivity (Wildman–Crippen MR) is 62.1 cm³/mol. The molecule has 1 fully saturated rings. The molecule has 1 heterocycles. The molecule has 0 aliphatic carbocycles. The lowest BCUT2D eigenvalue weighted by Gasteiger charge is -2.13. The van der Waals surface area contributed by atoms with E-state index in [0.717, 1.165) is 15.7 Å². The van der Waals surface area contributed by atoms with Crippen molar-refractivity contribution < 1.29 is 9.53 Å². The van der Waals surface area contributed by atoms with E-state index in [1.165, 1.54) is 4.90 Å². The van der Waals surface area contributed by atoms with E-state index in [4.69, 9.17) is 10.00 Å². The number of carbonyl (C=O) groups is 1. The minimum atomic E-state index is -0.670. The van der Waals surface area contributed by atoms with Gasteiger partial charge in [-0.05, 0) is 30.7 Å². The van der Waals surface area contributed by atoms with E-state index in [-0.39, 0.29) is 6.54 Å². The van der Waals surface area contributed by atoms with Gasteiger partial charge in [-0.25, -0.2) is 4.79 Å². The van der Waals surface area contributed by atoms with E-state index in [2.05, 4.69) is 15.9 Å². The van der Waals surface area contributed by atoms with Gasteiger partial charge in [0.25, 0.3) is 0 Å². The van der Waals surface area contributed by atoms with Gasteiger partial charge < -0.3 is 4.74 Å². The van der Waals surface area contributed by atoms with Crippen molar-refractivity contribution in [3.8, 4) is 6.07 Å². The first-order valence-electron chi connectivity index (χ1n) is 4.75. The largest absolute Gasteiger partial charge is 0.428 e. The van der Waals surface area contributed by atoms with Crippen molar-refractivity contribution in [3.63, 3.8) is 0 Å². The Labute approximate surface area is 102 Å². The number of benzene rings is 1. The van der Waals surface area contributed by atoms with Crippen LogP contribution < -0.4 is 4.90 Å². The highest BCUT2D eigenvalue weighted by molar-refractivity contribution is 9.10. The van der Waals surface area contributed by atoms with Crippen LogP contribution in [0.2, 0.25) is 0 Å². The van der Waals surface area contributed by atoms with Crippen LogP contribution in [-0.2, 0) is 4.74 Å². The Morgan fingerprint density at radius 2 is 2.38 bits per heavy atom. The van der Waals surface area contributed by atoms with Crippen LogP contribution in [0.25, 0.3) is 0 Å². The summed E-state index contributed by atoms with van der Waals surface area (Å²) in [5, 5.41) is 8.69. The van der Waals surface area contributed by atoms with Crippen molar-refractivity contribution in [1.29, 1.82) is 5.26 Å². The third-order valence-electron chi connectivity index (χ3n) is 2.41. The molecule has 0 aromatic heterocycles. The van der Waals surface area contributed by atoms with Crippen LogP contribution in [0.15, 0.2) is 22.7 Å². The number of nitriles is 1. The van der Waals surface area contributed by atoms with Gasteiger partial charge >= 0.3 is 6.09 Å². The zero-order chi connectivity index (χ0) is 11.7. The second-order valence-corrected chi connectivity index (χ2v) is 4.40. The lowest BCUT2D eigenvalue weighted by molar-refractivity contribution is 0.162. The summed E-state index contributed by atoms with van der Waals surface area (Å²) < 4.78 is 5.85. The highest BCUT2D eigenvalue weighted by Gasteiger charge is 2.32. The number of hydrogen-bond donors (Lipinski definition) is 0. The lowest BCUT2D eigenvalue weighted by atomic mass is 10.2. The third kappa shape index (κ3) is 1.89. The molecule has 82 valence electrons. The molecule has 1 aromatic rings. The number of aryl methyl sites for hydroxylation is 1. The van der Waals surface area contributed by atoms with Crippen molar-refractivity contribution in [2.24, 2.45) is 0 Å². The zero-order valence-electron chi connectivity index (χ0n) is 8.61. The van der Waals surface area contributed by atoms with Crippen LogP contribution in [0.5, 0.6) is 0 Å². The molecule has 1 aliphatic heterocycles. The maximum Gasteiger partial charge on any atom is 0.415 e. The standard InChI is InChI=1S/C11H9BrN2O2/c1-7-4-8(2-3-10(7)12)14-6-9(5-13)16-11(14)15/h2-4,9H,6H2,1H3. The molecule has 1 saturated heterocycles. The van der Waals surface area contributed by atoms with E-state index in [1.807, 2.05) is 31.2 Å². The average molecular weight is 281 g/mol. The van der Waals surface area contributed by atoms with Crippen molar-refractivity contribution in [2.45, 2.75) is 13.0 Å². The Kier molecular flexibility index (Phi) is 2.84. The fourth-order valence-corrected chi connectivity index (χ4v) is 1.78. The first-order chi connectivity index (χ1) is 7.61. The van der Waals surface area contributed by atoms with Crippen LogP contribution in [0, 0.1) is 18.3 Å². The zero-order valence-corrected chi connectivity index (χ0v) is 10.2. The molecule has 5 heteroatoms. The molecule has 1 aromatic carbocycles. The first kappa shape index (κ1) is 11.0. The van der Waals surface area contributed by atoms with Gasteiger partial charge in [-0.3, -0.25) is 4.90 Å². The summed E-state index contributed by atoms with van der Waals surface area (Å²) >= 11 is 3.39. The smallest absolute Gasteiger partial charge is 0.415 e. The Balaban J connectivity index is 2.29. The first-order valence-corrected chi connectivity index (χ1v) is 5.55. The summed E-state index contributed by atoms with van der Waals surface area (Å²) in [7, 11) is 0. The van der Waals surface area contributed by atoms with E-state index in [1.54, 1.807) is 0 Å². The number of ether oxygens (including phenoxy) is 1. The normalized spacial score (nSPS) is 19.4. The third-order valence-corrected chi connectivity index (χ3v) is 3.30. The molecular formula is C11H9BrN2O2. The number of hydrogen-bond acceptors (Lipinski definition) is 3. The molecule has 0 radical (unpaired) electrons. The van der Waals surface area contributed by atoms with Gasteiger partial charge in [-0.1, -0.05) is 15.9 Å². The van der Waals surface area contributed by atoms with Crippen LogP contribution in [-0.4, -0.2) is 18.7 Å². The summed E-state index contributed by atoms with van der Waals surface area (Å²) in [4.78, 5) is 12.9. The van der Waals surface area contributed by atoms with Gasteiger partial charge in [0.1, 0.15) is 6.07 Å². The number of rotatable bonds is 1. The molecule has 0 N–H and O–H groups in total. The topological polar surface area (TPSA) is 53.3 Å². The number of nitrogens with zero attached hydrogens (tertiary/aromatic N) is 2. The quantitative estimate of drug-likeness (QED) is 0.795. The van der Waals surface area contributed by atoms with Gasteiger partial charge in [0.2, 0.25) is 6.10 Å². The maximum absolute atomic E-state index is 11.5. The van der Waals surface area contributed by atoms with Gasteiger partial charge in [-0.2, -0.15) is 5.26 Å². The maximum atomic E-state index is 11.5. The number of amides is 1. The number of halogens is 1. The Hall–Kier alpha value is -1.54. The number of anilines is 1. The molecule has 0 saturated carbocycles. The van der Waals surface area contributed by atoms with Crippen LogP contribution in [0.3, 0.4) is 0 Å². The van der Waals surface area contributed by atoms with Crippen molar-refractivity contribution in [3.05, 3.63) is 28.2 Å². The summed E-state index contributed by atoms with van der Waals surface area (Å²) in [5.74, 6) is 0. The lowest BCUT2D eigenvalue weighted by Crippen LogP contribution is -2.24. The number of cyclic esters (lactones) is 1. The van der Waals surface area contributed by atoms with Crippen LogP contribution >= 0.6 is 15.9 Å². The second-order valence-electron chi connectivity index (χ2n) is 3.55. The van der Waals surface area contributed by atoms with Crippen LogP contribution in [0.1, 0.15) is 5.56 Å². The fourth-order valence-electron chi connectivity index (χ4n) is 1.54. The molecule has 1 aliphatic rings. The van der Waals surface area contributed by atoms with E-state index in [0.29, 0.717) is 0 Å². The molecule has 1 unspecified atom stereocenters. The SMILES string of the molecule is Cc1cc(N2CC(C#N)OC2=O)ccc1Br. The molecule has 4 nitrogen and oxygen atoms in total. The van der Waals surface area contributed by atoms with Gasteiger partial charge in [0.15, 0.2) is 0 Å². The van der Waals surface area contributed by atoms with E-state index in [9.17, 15) is 4.79 Å². The van der Waals surface area contributed by atoms with E-state index >= 15 is 0 Å². The molecule has 16 heavy (non-hydrogen) atoms. The second kappa shape index (κ2) is 4.14. The van der Waals surface area contributed by atoms with Gasteiger partial charge in [-0.15, -0.1) is 0 Å². The van der Waals surface area contributed by atoms with Crippen molar-refractivity contribution >= 4 is 27.7 Å². The van der Waals surface area contributed by atoms with Gasteiger partial charge in [0.05, 0.1) is 6.54 Å². The monoisotopic (exact) mass is 280 g/mol. The fraction of sp³-hybridized carbons (Fsp3) is 0.273. The Bertz CT molecular complexity index is 481. The molecule has 1 atom stereocenters. The highest BCUT2D eigenvalue weighted by atomic mass is 79.9. The molecule has 0 bridgehead atoms. The summed E-state index contributed by atoms with van der Waals surface area (Å²) in [6, 6.07) is 7.50. The average Bonchev–Trinajstić information content (AvgIpc) is 2.64. The van der Waals surface area contributed by atoms with Crippen molar-refractivity contribution in [2.75, 3.05) is 11.4 Å². The molecule has 2 rings (SSSR count).